The molecule has 1 amide bonds. The van der Waals surface area contributed by atoms with Gasteiger partial charge in [0.2, 0.25) is 0 Å². The Morgan fingerprint density at radius 2 is 2.00 bits per heavy atom. The fourth-order valence-corrected chi connectivity index (χ4v) is 2.22. The van der Waals surface area contributed by atoms with Gasteiger partial charge in [-0.05, 0) is 31.9 Å². The predicted octanol–water partition coefficient (Wildman–Crippen LogP) is 2.62. The van der Waals surface area contributed by atoms with Crippen LogP contribution in [-0.4, -0.2) is 21.4 Å². The van der Waals surface area contributed by atoms with Gasteiger partial charge in [-0.25, -0.2) is 5.43 Å². The van der Waals surface area contributed by atoms with Crippen molar-refractivity contribution in [3.63, 3.8) is 0 Å². The van der Waals surface area contributed by atoms with E-state index in [9.17, 15) is 4.79 Å². The molecule has 0 atom stereocenters. The first-order valence-electron chi connectivity index (χ1n) is 7.47. The summed E-state index contributed by atoms with van der Waals surface area (Å²) < 4.78 is 1.68. The van der Waals surface area contributed by atoms with Crippen molar-refractivity contribution in [3.05, 3.63) is 53.3 Å². The third-order valence-corrected chi connectivity index (χ3v) is 3.39. The first-order chi connectivity index (χ1) is 10.6. The van der Waals surface area contributed by atoms with E-state index in [4.69, 9.17) is 0 Å². The molecule has 0 spiro atoms. The summed E-state index contributed by atoms with van der Waals surface area (Å²) in [5, 5.41) is 8.52. The lowest BCUT2D eigenvalue weighted by Crippen LogP contribution is -2.25. The summed E-state index contributed by atoms with van der Waals surface area (Å²) in [6.45, 7) is 6.07. The second kappa shape index (κ2) is 7.54. The van der Waals surface area contributed by atoms with Crippen LogP contribution in [0.2, 0.25) is 0 Å². The molecule has 0 aliphatic heterocycles. The van der Waals surface area contributed by atoms with Crippen LogP contribution in [0.25, 0.3) is 0 Å². The molecule has 5 nitrogen and oxygen atoms in total. The van der Waals surface area contributed by atoms with Crippen LogP contribution in [0.4, 0.5) is 0 Å². The molecule has 1 heterocycles. The van der Waals surface area contributed by atoms with Crippen molar-refractivity contribution >= 4 is 11.6 Å². The normalized spacial score (nSPS) is 11.5. The molecule has 2 aromatic rings. The highest BCUT2D eigenvalue weighted by molar-refractivity contribution is 5.87. The predicted molar refractivity (Wildman–Crippen MR) is 87.7 cm³/mol. The number of carbonyl (C=O) groups excluding carboxylic acids is 1. The van der Waals surface area contributed by atoms with Gasteiger partial charge in [-0.15, -0.1) is 0 Å². The van der Waals surface area contributed by atoms with Gasteiger partial charge in [0.05, 0.1) is 5.69 Å². The van der Waals surface area contributed by atoms with E-state index in [0.29, 0.717) is 0 Å². The van der Waals surface area contributed by atoms with Crippen molar-refractivity contribution in [1.29, 1.82) is 0 Å². The van der Waals surface area contributed by atoms with Gasteiger partial charge in [0.15, 0.2) is 0 Å². The lowest BCUT2D eigenvalue weighted by molar-refractivity contribution is -0.121. The molecule has 1 aromatic carbocycles. The van der Waals surface area contributed by atoms with Gasteiger partial charge >= 0.3 is 0 Å². The molecule has 116 valence electrons. The maximum Gasteiger partial charge on any atom is 0.261 e. The highest BCUT2D eigenvalue weighted by atomic mass is 16.2. The highest BCUT2D eigenvalue weighted by Gasteiger charge is 2.07. The second-order valence-corrected chi connectivity index (χ2v) is 5.31. The average molecular weight is 298 g/mol. The molecule has 0 fully saturated rings. The minimum atomic E-state index is -0.162. The fraction of sp³-hybridized carbons (Fsp3) is 0.353. The van der Waals surface area contributed by atoms with Crippen LogP contribution in [-0.2, 0) is 17.8 Å². The Bertz CT molecular complexity index is 659. The number of aromatic nitrogens is 2. The summed E-state index contributed by atoms with van der Waals surface area (Å²) in [6.07, 6.45) is 1.55. The van der Waals surface area contributed by atoms with E-state index in [2.05, 4.69) is 27.8 Å². The highest BCUT2D eigenvalue weighted by Crippen LogP contribution is 2.03. The Morgan fingerprint density at radius 1 is 1.27 bits per heavy atom. The Labute approximate surface area is 131 Å². The molecule has 0 aliphatic rings. The zero-order valence-electron chi connectivity index (χ0n) is 13.3. The van der Waals surface area contributed by atoms with Gasteiger partial charge in [0.25, 0.3) is 5.91 Å². The van der Waals surface area contributed by atoms with Gasteiger partial charge in [0, 0.05) is 17.8 Å². The number of nitrogens with zero attached hydrogens (tertiary/aromatic N) is 3. The third kappa shape index (κ3) is 4.55. The summed E-state index contributed by atoms with van der Waals surface area (Å²) in [5.41, 5.74) is 6.65. The first-order valence-corrected chi connectivity index (χ1v) is 7.47. The fourth-order valence-electron chi connectivity index (χ4n) is 2.22. The Hall–Kier alpha value is -2.43. The largest absolute Gasteiger partial charge is 0.271 e. The lowest BCUT2D eigenvalue weighted by atomic mass is 10.1. The van der Waals surface area contributed by atoms with Crippen LogP contribution in [0.15, 0.2) is 41.5 Å². The van der Waals surface area contributed by atoms with Crippen molar-refractivity contribution in [1.82, 2.24) is 15.2 Å². The van der Waals surface area contributed by atoms with Gasteiger partial charge in [0.1, 0.15) is 6.54 Å². The average Bonchev–Trinajstić information content (AvgIpc) is 2.82. The van der Waals surface area contributed by atoms with E-state index < -0.39 is 0 Å². The molecule has 1 N–H and O–H groups in total. The van der Waals surface area contributed by atoms with E-state index in [0.717, 1.165) is 29.9 Å². The van der Waals surface area contributed by atoms with Crippen LogP contribution >= 0.6 is 0 Å². The zero-order chi connectivity index (χ0) is 15.9. The maximum atomic E-state index is 12.0. The smallest absolute Gasteiger partial charge is 0.261 e. The SMILES string of the molecule is CCC(Cc1ccccc1)=NNC(=O)Cn1nc(C)cc1C. The van der Waals surface area contributed by atoms with Crippen molar-refractivity contribution in [3.8, 4) is 0 Å². The minimum Gasteiger partial charge on any atom is -0.271 e. The number of nitrogens with one attached hydrogen (secondary N) is 1. The molecule has 0 radical (unpaired) electrons. The number of carbonyl (C=O) groups is 1. The molecule has 0 aliphatic carbocycles. The van der Waals surface area contributed by atoms with Crippen molar-refractivity contribution in [2.24, 2.45) is 5.10 Å². The number of hydrogen-bond acceptors (Lipinski definition) is 3. The molecule has 1 aromatic heterocycles. The molecule has 5 heteroatoms. The third-order valence-electron chi connectivity index (χ3n) is 3.39. The summed E-state index contributed by atoms with van der Waals surface area (Å²) in [4.78, 5) is 12.0. The molecule has 0 unspecified atom stereocenters. The lowest BCUT2D eigenvalue weighted by Gasteiger charge is -2.06. The van der Waals surface area contributed by atoms with Crippen molar-refractivity contribution < 1.29 is 4.79 Å². The van der Waals surface area contributed by atoms with Gasteiger partial charge < -0.3 is 0 Å². The summed E-state index contributed by atoms with van der Waals surface area (Å²) in [6, 6.07) is 12.1. The number of benzene rings is 1. The van der Waals surface area contributed by atoms with Crippen LogP contribution in [0.1, 0.15) is 30.3 Å². The van der Waals surface area contributed by atoms with Gasteiger partial charge in [-0.1, -0.05) is 37.3 Å². The number of aryl methyl sites for hydroxylation is 2. The van der Waals surface area contributed by atoms with E-state index in [1.54, 1.807) is 4.68 Å². The molecule has 22 heavy (non-hydrogen) atoms. The van der Waals surface area contributed by atoms with E-state index >= 15 is 0 Å². The monoisotopic (exact) mass is 298 g/mol. The maximum absolute atomic E-state index is 12.0. The van der Waals surface area contributed by atoms with Crippen molar-refractivity contribution in [2.45, 2.75) is 40.2 Å². The van der Waals surface area contributed by atoms with E-state index in [1.807, 2.05) is 45.0 Å². The van der Waals surface area contributed by atoms with Crippen LogP contribution in [0.5, 0.6) is 0 Å². The zero-order valence-corrected chi connectivity index (χ0v) is 13.3. The first kappa shape index (κ1) is 15.9. The Balaban J connectivity index is 1.93. The van der Waals surface area contributed by atoms with Gasteiger partial charge in [-0.2, -0.15) is 10.2 Å². The number of hydrazone groups is 1. The van der Waals surface area contributed by atoms with E-state index in [-0.39, 0.29) is 12.5 Å². The molecular formula is C17H22N4O. The minimum absolute atomic E-state index is 0.162. The van der Waals surface area contributed by atoms with Gasteiger partial charge in [-0.3, -0.25) is 9.48 Å². The standard InChI is InChI=1S/C17H22N4O/c1-4-16(11-15-8-6-5-7-9-15)18-19-17(22)12-21-14(3)10-13(2)20-21/h5-10H,4,11-12H2,1-3H3,(H,19,22). The second-order valence-electron chi connectivity index (χ2n) is 5.31. The summed E-state index contributed by atoms with van der Waals surface area (Å²) in [5.74, 6) is -0.162. The van der Waals surface area contributed by atoms with E-state index in [1.165, 1.54) is 5.56 Å². The van der Waals surface area contributed by atoms with Crippen LogP contribution in [0.3, 0.4) is 0 Å². The molecule has 2 rings (SSSR count). The molecule has 0 saturated carbocycles. The number of hydrogen-bond donors (Lipinski definition) is 1. The quantitative estimate of drug-likeness (QED) is 0.658. The Kier molecular flexibility index (Phi) is 5.47. The van der Waals surface area contributed by atoms with Crippen LogP contribution < -0.4 is 5.43 Å². The summed E-state index contributed by atoms with van der Waals surface area (Å²) in [7, 11) is 0. The molecule has 0 saturated heterocycles. The number of rotatable bonds is 6. The Morgan fingerprint density at radius 3 is 2.59 bits per heavy atom. The topological polar surface area (TPSA) is 59.3 Å². The van der Waals surface area contributed by atoms with Crippen LogP contribution in [0, 0.1) is 13.8 Å². The molecule has 0 bridgehead atoms. The molecular weight excluding hydrogens is 276 g/mol. The van der Waals surface area contributed by atoms with Crippen molar-refractivity contribution in [2.75, 3.05) is 0 Å². The summed E-state index contributed by atoms with van der Waals surface area (Å²) >= 11 is 0. The number of amides is 1.